The maximum absolute atomic E-state index is 5.37. The molecule has 1 N–H and O–H groups in total. The molecule has 0 atom stereocenters. The van der Waals surface area contributed by atoms with Crippen molar-refractivity contribution in [3.63, 3.8) is 0 Å². The van der Waals surface area contributed by atoms with Gasteiger partial charge in [-0.1, -0.05) is 13.8 Å². The summed E-state index contributed by atoms with van der Waals surface area (Å²) in [5.74, 6) is 0. The van der Waals surface area contributed by atoms with Gasteiger partial charge in [0.1, 0.15) is 0 Å². The maximum atomic E-state index is 5.37. The van der Waals surface area contributed by atoms with E-state index in [9.17, 15) is 0 Å². The lowest BCUT2D eigenvalue weighted by atomic mass is 9.97. The lowest BCUT2D eigenvalue weighted by Crippen LogP contribution is -2.30. The fourth-order valence-corrected chi connectivity index (χ4v) is 1.94. The van der Waals surface area contributed by atoms with E-state index in [0.717, 1.165) is 13.2 Å². The predicted octanol–water partition coefficient (Wildman–Crippen LogP) is 1.51. The number of rotatable bonds is 1. The highest BCUT2D eigenvalue weighted by molar-refractivity contribution is 7.44. The molecule has 1 aliphatic rings. The van der Waals surface area contributed by atoms with Gasteiger partial charge in [-0.25, -0.2) is 0 Å². The van der Waals surface area contributed by atoms with Crippen molar-refractivity contribution in [1.82, 2.24) is 5.09 Å². The third-order valence-corrected chi connectivity index (χ3v) is 2.42. The molecule has 0 saturated carbocycles. The van der Waals surface area contributed by atoms with Crippen molar-refractivity contribution in [2.45, 2.75) is 13.8 Å². The van der Waals surface area contributed by atoms with Crippen molar-refractivity contribution in [3.05, 3.63) is 0 Å². The van der Waals surface area contributed by atoms with Crippen molar-refractivity contribution >= 4 is 8.53 Å². The van der Waals surface area contributed by atoms with Gasteiger partial charge in [-0.3, -0.25) is 5.09 Å². The van der Waals surface area contributed by atoms with Crippen molar-refractivity contribution in [3.8, 4) is 0 Å². The van der Waals surface area contributed by atoms with Crippen LogP contribution in [0.25, 0.3) is 0 Å². The SMILES string of the molecule is CNP1OCC(C)(C)CO1. The molecule has 0 spiro atoms. The summed E-state index contributed by atoms with van der Waals surface area (Å²) in [6, 6.07) is 0. The molecule has 0 bridgehead atoms. The summed E-state index contributed by atoms with van der Waals surface area (Å²) >= 11 is 0. The Labute approximate surface area is 63.1 Å². The molecule has 1 fully saturated rings. The lowest BCUT2D eigenvalue weighted by Gasteiger charge is -2.32. The maximum Gasteiger partial charge on any atom is 0.255 e. The molecular formula is C6H14NO2P. The second-order valence-electron chi connectivity index (χ2n) is 3.19. The van der Waals surface area contributed by atoms with Crippen LogP contribution in [0.4, 0.5) is 0 Å². The van der Waals surface area contributed by atoms with Crippen molar-refractivity contribution in [2.75, 3.05) is 20.3 Å². The highest BCUT2D eigenvalue weighted by Gasteiger charge is 2.28. The molecule has 0 amide bonds. The summed E-state index contributed by atoms with van der Waals surface area (Å²) in [5.41, 5.74) is 0.190. The second-order valence-corrected chi connectivity index (χ2v) is 4.67. The monoisotopic (exact) mass is 163 g/mol. The third kappa shape index (κ3) is 2.17. The standard InChI is InChI=1S/C6H14NO2P/c1-6(2)4-8-10(7-3)9-5-6/h7H,4-5H2,1-3H3. The molecule has 1 aliphatic heterocycles. The molecule has 0 aromatic heterocycles. The summed E-state index contributed by atoms with van der Waals surface area (Å²) < 4.78 is 10.7. The van der Waals surface area contributed by atoms with E-state index < -0.39 is 8.53 Å². The number of hydrogen-bond donors (Lipinski definition) is 1. The Morgan fingerprint density at radius 2 is 1.80 bits per heavy atom. The Bertz CT molecular complexity index is 108. The fraction of sp³-hybridized carbons (Fsp3) is 1.00. The zero-order chi connectivity index (χ0) is 7.61. The molecule has 0 aromatic carbocycles. The lowest BCUT2D eigenvalue weighted by molar-refractivity contribution is 0.0590. The smallest absolute Gasteiger partial charge is 0.255 e. The van der Waals surface area contributed by atoms with Crippen molar-refractivity contribution in [1.29, 1.82) is 0 Å². The first kappa shape index (κ1) is 8.41. The van der Waals surface area contributed by atoms with Gasteiger partial charge in [0.2, 0.25) is 0 Å². The summed E-state index contributed by atoms with van der Waals surface area (Å²) in [5, 5.41) is 2.96. The molecular weight excluding hydrogens is 149 g/mol. The van der Waals surface area contributed by atoms with Crippen LogP contribution in [0.3, 0.4) is 0 Å². The van der Waals surface area contributed by atoms with Gasteiger partial charge < -0.3 is 9.05 Å². The Morgan fingerprint density at radius 1 is 1.30 bits per heavy atom. The molecule has 10 heavy (non-hydrogen) atoms. The normalized spacial score (nSPS) is 26.7. The molecule has 0 aromatic rings. The Hall–Kier alpha value is 0.310. The van der Waals surface area contributed by atoms with Gasteiger partial charge in [-0.05, 0) is 7.05 Å². The van der Waals surface area contributed by atoms with Gasteiger partial charge in [-0.15, -0.1) is 0 Å². The topological polar surface area (TPSA) is 30.5 Å². The van der Waals surface area contributed by atoms with Crippen molar-refractivity contribution in [2.24, 2.45) is 5.41 Å². The summed E-state index contributed by atoms with van der Waals surface area (Å²) in [6.07, 6.45) is 0. The highest BCUT2D eigenvalue weighted by Crippen LogP contribution is 2.41. The van der Waals surface area contributed by atoms with Crippen LogP contribution < -0.4 is 5.09 Å². The molecule has 4 heteroatoms. The van der Waals surface area contributed by atoms with Gasteiger partial charge in [0.05, 0.1) is 13.2 Å². The van der Waals surface area contributed by atoms with E-state index in [0.29, 0.717) is 0 Å². The average Bonchev–Trinajstić information content (AvgIpc) is 1.88. The van der Waals surface area contributed by atoms with Gasteiger partial charge in [0.15, 0.2) is 0 Å². The highest BCUT2D eigenvalue weighted by atomic mass is 31.2. The molecule has 60 valence electrons. The largest absolute Gasteiger partial charge is 0.321 e. The van der Waals surface area contributed by atoms with E-state index in [4.69, 9.17) is 9.05 Å². The van der Waals surface area contributed by atoms with Crippen LogP contribution in [0.2, 0.25) is 0 Å². The van der Waals surface area contributed by atoms with E-state index >= 15 is 0 Å². The molecule has 1 heterocycles. The number of hydrogen-bond acceptors (Lipinski definition) is 3. The van der Waals surface area contributed by atoms with Gasteiger partial charge >= 0.3 is 0 Å². The van der Waals surface area contributed by atoms with Crippen LogP contribution in [0.15, 0.2) is 0 Å². The molecule has 0 radical (unpaired) electrons. The van der Waals surface area contributed by atoms with E-state index in [1.807, 2.05) is 7.05 Å². The molecule has 1 saturated heterocycles. The van der Waals surface area contributed by atoms with Crippen molar-refractivity contribution < 1.29 is 9.05 Å². The molecule has 1 rings (SSSR count). The quantitative estimate of drug-likeness (QED) is 0.594. The van der Waals surface area contributed by atoms with Crippen LogP contribution in [0.1, 0.15) is 13.8 Å². The van der Waals surface area contributed by atoms with E-state index in [-0.39, 0.29) is 5.41 Å². The van der Waals surface area contributed by atoms with Gasteiger partial charge in [-0.2, -0.15) is 0 Å². The zero-order valence-corrected chi connectivity index (χ0v) is 7.57. The number of nitrogens with one attached hydrogen (secondary N) is 1. The second kappa shape index (κ2) is 3.14. The predicted molar refractivity (Wildman–Crippen MR) is 41.7 cm³/mol. The third-order valence-electron chi connectivity index (χ3n) is 1.33. The first-order valence-electron chi connectivity index (χ1n) is 3.37. The van der Waals surface area contributed by atoms with E-state index in [1.54, 1.807) is 0 Å². The van der Waals surface area contributed by atoms with Crippen LogP contribution in [0, 0.1) is 5.41 Å². The average molecular weight is 163 g/mol. The van der Waals surface area contributed by atoms with Crippen LogP contribution in [0.5, 0.6) is 0 Å². The van der Waals surface area contributed by atoms with E-state index in [2.05, 4.69) is 18.9 Å². The fourth-order valence-electron chi connectivity index (χ4n) is 0.675. The minimum atomic E-state index is -0.778. The molecule has 3 nitrogen and oxygen atoms in total. The van der Waals surface area contributed by atoms with Gasteiger partial charge in [0, 0.05) is 5.41 Å². The Balaban J connectivity index is 2.31. The molecule has 0 unspecified atom stereocenters. The van der Waals surface area contributed by atoms with Gasteiger partial charge in [0.25, 0.3) is 8.53 Å². The zero-order valence-electron chi connectivity index (χ0n) is 6.68. The minimum absolute atomic E-state index is 0.190. The minimum Gasteiger partial charge on any atom is -0.321 e. The summed E-state index contributed by atoms with van der Waals surface area (Å²) in [6.45, 7) is 5.85. The van der Waals surface area contributed by atoms with Crippen LogP contribution in [-0.4, -0.2) is 20.3 Å². The molecule has 0 aliphatic carbocycles. The Kier molecular flexibility index (Phi) is 2.64. The first-order valence-corrected chi connectivity index (χ1v) is 4.55. The Morgan fingerprint density at radius 3 is 2.20 bits per heavy atom. The summed E-state index contributed by atoms with van der Waals surface area (Å²) in [7, 11) is 1.07. The van der Waals surface area contributed by atoms with E-state index in [1.165, 1.54) is 0 Å². The first-order chi connectivity index (χ1) is 4.64. The van der Waals surface area contributed by atoms with Crippen LogP contribution in [-0.2, 0) is 9.05 Å². The summed E-state index contributed by atoms with van der Waals surface area (Å²) in [4.78, 5) is 0. The van der Waals surface area contributed by atoms with Crippen LogP contribution >= 0.6 is 8.53 Å².